The van der Waals surface area contributed by atoms with E-state index >= 15 is 0 Å². The molecule has 2 N–H and O–H groups in total. The van der Waals surface area contributed by atoms with E-state index in [9.17, 15) is 22.8 Å². The molecular weight excluding hydrogens is 313 g/mol. The fraction of sp³-hybridized carbons (Fsp3) is 0.400. The predicted molar refractivity (Wildman–Crippen MR) is 74.1 cm³/mol. The summed E-state index contributed by atoms with van der Waals surface area (Å²) in [6, 6.07) is 4.80. The normalized spacial score (nSPS) is 13.7. The van der Waals surface area contributed by atoms with Crippen molar-refractivity contribution in [1.29, 1.82) is 5.26 Å². The number of carboxylic acid groups (broad SMARTS) is 1. The van der Waals surface area contributed by atoms with Crippen LogP contribution in [0.15, 0.2) is 24.3 Å². The highest BCUT2D eigenvalue weighted by Gasteiger charge is 2.31. The summed E-state index contributed by atoms with van der Waals surface area (Å²) < 4.78 is 37.8. The van der Waals surface area contributed by atoms with Crippen LogP contribution in [0.25, 0.3) is 0 Å². The molecule has 0 radical (unpaired) electrons. The maximum atomic E-state index is 12.6. The van der Waals surface area contributed by atoms with Crippen molar-refractivity contribution >= 4 is 11.9 Å². The molecule has 0 unspecified atom stereocenters. The molecule has 0 aliphatic heterocycles. The number of hydrogen-bond acceptors (Lipinski definition) is 3. The van der Waals surface area contributed by atoms with Crippen molar-refractivity contribution in [2.45, 2.75) is 32.0 Å². The Morgan fingerprint density at radius 2 is 2.04 bits per heavy atom. The predicted octanol–water partition coefficient (Wildman–Crippen LogP) is 2.37. The molecule has 0 heterocycles. The van der Waals surface area contributed by atoms with Crippen LogP contribution >= 0.6 is 0 Å². The van der Waals surface area contributed by atoms with Gasteiger partial charge in [0, 0.05) is 12.3 Å². The fourth-order valence-electron chi connectivity index (χ4n) is 1.98. The first-order valence-corrected chi connectivity index (χ1v) is 6.70. The molecule has 1 rings (SSSR count). The maximum absolute atomic E-state index is 12.6. The maximum Gasteiger partial charge on any atom is 0.416 e. The van der Waals surface area contributed by atoms with Gasteiger partial charge in [0.05, 0.1) is 18.1 Å². The van der Waals surface area contributed by atoms with Crippen LogP contribution in [-0.2, 0) is 22.2 Å². The van der Waals surface area contributed by atoms with E-state index in [4.69, 9.17) is 10.4 Å². The summed E-state index contributed by atoms with van der Waals surface area (Å²) in [7, 11) is 0. The smallest absolute Gasteiger partial charge is 0.416 e. The van der Waals surface area contributed by atoms with Crippen LogP contribution in [-0.4, -0.2) is 23.0 Å². The third-order valence-corrected chi connectivity index (χ3v) is 3.18. The minimum atomic E-state index is -4.52. The third-order valence-electron chi connectivity index (χ3n) is 3.18. The molecule has 1 aromatic rings. The molecule has 1 aromatic carbocycles. The summed E-state index contributed by atoms with van der Waals surface area (Å²) in [4.78, 5) is 23.0. The topological polar surface area (TPSA) is 90.2 Å². The average Bonchev–Trinajstić information content (AvgIpc) is 2.44. The minimum Gasteiger partial charge on any atom is -0.480 e. The quantitative estimate of drug-likeness (QED) is 0.839. The van der Waals surface area contributed by atoms with Crippen LogP contribution in [0.5, 0.6) is 0 Å². The number of alkyl halides is 3. The molecule has 0 fully saturated rings. The van der Waals surface area contributed by atoms with Gasteiger partial charge in [-0.15, -0.1) is 0 Å². The van der Waals surface area contributed by atoms with Gasteiger partial charge in [-0.1, -0.05) is 25.1 Å². The zero-order chi connectivity index (χ0) is 17.6. The van der Waals surface area contributed by atoms with Crippen molar-refractivity contribution in [1.82, 2.24) is 5.32 Å². The van der Waals surface area contributed by atoms with Gasteiger partial charge in [-0.25, -0.2) is 4.79 Å². The number of carbonyl (C=O) groups is 2. The second kappa shape index (κ2) is 7.63. The van der Waals surface area contributed by atoms with Crippen LogP contribution < -0.4 is 5.32 Å². The summed E-state index contributed by atoms with van der Waals surface area (Å²) in [6.45, 7) is 1.49. The lowest BCUT2D eigenvalue weighted by molar-refractivity contribution is -0.143. The number of rotatable bonds is 6. The molecule has 5 nitrogen and oxygen atoms in total. The number of nitrogens with zero attached hydrogens (tertiary/aromatic N) is 1. The number of benzene rings is 1. The number of amides is 1. The standard InChI is InChI=1S/C15H15F3N2O3/c1-9(5-6-19)13(14(22)23)20-12(21)8-10-3-2-4-11(7-10)15(16,17)18/h2-4,7,9,13H,5,8H2,1H3,(H,20,21)(H,22,23)/t9-,13-/m0/s1. The SMILES string of the molecule is C[C@@H](CC#N)[C@H](NC(=O)Cc1cccc(C(F)(F)F)c1)C(=O)O. The first kappa shape index (κ1) is 18.5. The molecular formula is C15H15F3N2O3. The van der Waals surface area contributed by atoms with Crippen LogP contribution in [0, 0.1) is 17.2 Å². The van der Waals surface area contributed by atoms with Crippen molar-refractivity contribution in [3.05, 3.63) is 35.4 Å². The Balaban J connectivity index is 2.79. The second-order valence-electron chi connectivity index (χ2n) is 5.10. The lowest BCUT2D eigenvalue weighted by Crippen LogP contribution is -2.45. The summed E-state index contributed by atoms with van der Waals surface area (Å²) in [5.41, 5.74) is -0.759. The van der Waals surface area contributed by atoms with Gasteiger partial charge in [-0.3, -0.25) is 4.79 Å². The fourth-order valence-corrected chi connectivity index (χ4v) is 1.98. The van der Waals surface area contributed by atoms with Gasteiger partial charge < -0.3 is 10.4 Å². The molecule has 0 bridgehead atoms. The summed E-state index contributed by atoms with van der Waals surface area (Å²) in [5.74, 6) is -2.64. The molecule has 0 saturated heterocycles. The van der Waals surface area contributed by atoms with E-state index in [-0.39, 0.29) is 18.4 Å². The van der Waals surface area contributed by atoms with Gasteiger partial charge in [0.1, 0.15) is 6.04 Å². The number of carbonyl (C=O) groups excluding carboxylic acids is 1. The Bertz CT molecular complexity index is 623. The second-order valence-corrected chi connectivity index (χ2v) is 5.10. The van der Waals surface area contributed by atoms with E-state index in [1.54, 1.807) is 0 Å². The van der Waals surface area contributed by atoms with Gasteiger partial charge in [0.25, 0.3) is 0 Å². The molecule has 8 heteroatoms. The summed E-state index contributed by atoms with van der Waals surface area (Å²) in [6.07, 6.45) is -4.97. The van der Waals surface area contributed by atoms with Crippen molar-refractivity contribution in [2.75, 3.05) is 0 Å². The number of halogens is 3. The Hall–Kier alpha value is -2.56. The first-order valence-electron chi connectivity index (χ1n) is 6.70. The highest BCUT2D eigenvalue weighted by atomic mass is 19.4. The van der Waals surface area contributed by atoms with E-state index in [1.807, 2.05) is 6.07 Å². The van der Waals surface area contributed by atoms with Crippen LogP contribution in [0.4, 0.5) is 13.2 Å². The van der Waals surface area contributed by atoms with Crippen LogP contribution in [0.2, 0.25) is 0 Å². The van der Waals surface area contributed by atoms with Gasteiger partial charge in [0.2, 0.25) is 5.91 Å². The summed E-state index contributed by atoms with van der Waals surface area (Å²) >= 11 is 0. The van der Waals surface area contributed by atoms with Crippen molar-refractivity contribution in [3.63, 3.8) is 0 Å². The van der Waals surface area contributed by atoms with Gasteiger partial charge in [0.15, 0.2) is 0 Å². The number of hydrogen-bond donors (Lipinski definition) is 2. The van der Waals surface area contributed by atoms with Gasteiger partial charge in [-0.2, -0.15) is 18.4 Å². The molecule has 2 atom stereocenters. The molecule has 1 amide bonds. The van der Waals surface area contributed by atoms with Gasteiger partial charge in [-0.05, 0) is 11.6 Å². The van der Waals surface area contributed by atoms with Crippen LogP contribution in [0.1, 0.15) is 24.5 Å². The lowest BCUT2D eigenvalue weighted by Gasteiger charge is -2.19. The Labute approximate surface area is 130 Å². The van der Waals surface area contributed by atoms with E-state index in [0.29, 0.717) is 0 Å². The van der Waals surface area contributed by atoms with Crippen molar-refractivity contribution in [3.8, 4) is 6.07 Å². The number of nitriles is 1. The highest BCUT2D eigenvalue weighted by Crippen LogP contribution is 2.29. The molecule has 0 aliphatic rings. The average molecular weight is 328 g/mol. The van der Waals surface area contributed by atoms with E-state index < -0.39 is 35.6 Å². The Morgan fingerprint density at radius 3 is 2.57 bits per heavy atom. The molecule has 0 spiro atoms. The highest BCUT2D eigenvalue weighted by molar-refractivity contribution is 5.85. The number of nitrogens with one attached hydrogen (secondary N) is 1. The zero-order valence-electron chi connectivity index (χ0n) is 12.2. The third kappa shape index (κ3) is 5.62. The van der Waals surface area contributed by atoms with Crippen molar-refractivity contribution in [2.24, 2.45) is 5.92 Å². The van der Waals surface area contributed by atoms with Crippen LogP contribution in [0.3, 0.4) is 0 Å². The van der Waals surface area contributed by atoms with Gasteiger partial charge >= 0.3 is 12.1 Å². The Kier molecular flexibility index (Phi) is 6.13. The first-order chi connectivity index (χ1) is 10.6. The van der Waals surface area contributed by atoms with E-state index in [0.717, 1.165) is 12.1 Å². The lowest BCUT2D eigenvalue weighted by atomic mass is 9.98. The molecule has 0 aromatic heterocycles. The summed E-state index contributed by atoms with van der Waals surface area (Å²) in [5, 5.41) is 19.9. The number of aliphatic carboxylic acids is 1. The molecule has 0 saturated carbocycles. The molecule has 0 aliphatic carbocycles. The molecule has 124 valence electrons. The zero-order valence-corrected chi connectivity index (χ0v) is 12.2. The minimum absolute atomic E-state index is 0.0686. The number of carboxylic acids is 1. The van der Waals surface area contributed by atoms with Crippen molar-refractivity contribution < 1.29 is 27.9 Å². The Morgan fingerprint density at radius 1 is 1.39 bits per heavy atom. The largest absolute Gasteiger partial charge is 0.480 e. The molecule has 23 heavy (non-hydrogen) atoms. The monoisotopic (exact) mass is 328 g/mol. The van der Waals surface area contributed by atoms with E-state index in [1.165, 1.54) is 19.1 Å². The van der Waals surface area contributed by atoms with E-state index in [2.05, 4.69) is 5.32 Å².